The van der Waals surface area contributed by atoms with Crippen LogP contribution < -0.4 is 381 Å². The molecule has 0 aliphatic heterocycles. The van der Waals surface area contributed by atoms with E-state index in [9.17, 15) is 162 Å². The van der Waals surface area contributed by atoms with E-state index in [-0.39, 0.29) is 344 Å². The van der Waals surface area contributed by atoms with Gasteiger partial charge < -0.3 is 226 Å². The SMILES string of the molecule is CC(O)(CC(=O)O)CC(=O)O.CC(O)(CC(=O)O)CC(=O)O.CC(O)(CC(=O)O)CC(=O)O.CC(O)(CC(=O)[O-])CC(=O)O.CC(O)(CC(=O)[O-])CC(=O)[O-].CC(O)(CC(=O)[O-])CC(=O)[O-].O.O=C([O-])CC(O)(CC(=O)O)C(=O)[O-].O=C([O-])CC(O)(CC(=O)[O-])C(=O)O.O=C([O-])CC(O)(CC(=O)[O-])C(=O)OCCO.OCCO.[Na+].[Na+].[Na+].[Na+].[Na+].[Na+].[Na+].[Na+].[Na+].[Na+].[Na+]. The van der Waals surface area contributed by atoms with Gasteiger partial charge in [-0.25, -0.2) is 9.59 Å². The Labute approximate surface area is 945 Å². The van der Waals surface area contributed by atoms with Crippen LogP contribution >= 0.6 is 0 Å². The molecule has 2 unspecified atom stereocenters. The molecular weight excluding hydrogens is 1830 g/mol. The normalized spacial score (nSPS) is 10.6. The van der Waals surface area contributed by atoms with Gasteiger partial charge in [0.1, 0.15) is 12.2 Å². The third kappa shape index (κ3) is 139. The summed E-state index contributed by atoms with van der Waals surface area (Å²) in [5, 5.41) is 289. The first-order valence-electron chi connectivity index (χ1n) is 29.5. The van der Waals surface area contributed by atoms with E-state index in [1.54, 1.807) is 0 Å². The van der Waals surface area contributed by atoms with Crippen molar-refractivity contribution in [3.8, 4) is 0 Å². The van der Waals surface area contributed by atoms with Gasteiger partial charge in [0.05, 0.1) is 111 Å². The fourth-order valence-corrected chi connectivity index (χ4v) is 6.55. The molecule has 23 N–H and O–H groups in total. The molecule has 2 atom stereocenters. The Morgan fingerprint density at radius 2 is 0.355 bits per heavy atom. The minimum atomic E-state index is -2.91. The molecule has 0 aliphatic rings. The van der Waals surface area contributed by atoms with Crippen molar-refractivity contribution < 1.29 is 599 Å². The Balaban J connectivity index is -0.0000000465. The molecule has 0 aromatic heterocycles. The number of ether oxygens (including phenoxy) is 1. The molecule has 0 amide bonds. The summed E-state index contributed by atoms with van der Waals surface area (Å²) in [6.07, 6.45) is -15.0. The number of aliphatic hydroxyl groups excluding tert-OH is 3. The number of rotatable bonds is 42. The van der Waals surface area contributed by atoms with Gasteiger partial charge in [-0.1, -0.05) is 0 Å². The van der Waals surface area contributed by atoms with Gasteiger partial charge in [-0.05, 0) is 41.5 Å². The minimum absolute atomic E-state index is 0. The van der Waals surface area contributed by atoms with Gasteiger partial charge in [0.2, 0.25) is 0 Å². The summed E-state index contributed by atoms with van der Waals surface area (Å²) >= 11 is 0. The maximum absolute atomic E-state index is 11.1. The molecule has 658 valence electrons. The quantitative estimate of drug-likeness (QED) is 0.0199. The zero-order chi connectivity index (χ0) is 91.9. The fraction of sp³-hybridized carbons (Fsp3) is 0.638. The van der Waals surface area contributed by atoms with E-state index in [1.165, 1.54) is 20.8 Å². The number of carbonyl (C=O) groups is 21. The molecule has 0 aromatic rings. The first kappa shape index (κ1) is 180. The molecule has 55 nitrogen and oxygen atoms in total. The predicted molar refractivity (Wildman–Crippen MR) is 321 cm³/mol. The second kappa shape index (κ2) is 92.8. The molecule has 0 rings (SSSR count). The van der Waals surface area contributed by atoms with Crippen LogP contribution in [0.25, 0.3) is 0 Å². The molecule has 124 heavy (non-hydrogen) atoms. The van der Waals surface area contributed by atoms with Crippen molar-refractivity contribution in [2.45, 2.75) is 208 Å². The van der Waals surface area contributed by atoms with E-state index in [2.05, 4.69) is 4.74 Å². The van der Waals surface area contributed by atoms with Gasteiger partial charge in [0.25, 0.3) is 0 Å². The van der Waals surface area contributed by atoms with E-state index in [4.69, 9.17) is 102 Å². The molecule has 66 heteroatoms. The average molecular weight is 1920 g/mol. The topological polar surface area (TPSA) is 1080 Å². The fourth-order valence-electron chi connectivity index (χ4n) is 6.55. The maximum Gasteiger partial charge on any atom is 1.00 e. The summed E-state index contributed by atoms with van der Waals surface area (Å²) in [6, 6.07) is 0. The third-order valence-corrected chi connectivity index (χ3v) is 10.6. The summed E-state index contributed by atoms with van der Waals surface area (Å²) in [6.45, 7) is 5.58. The van der Waals surface area contributed by atoms with Crippen molar-refractivity contribution >= 4 is 125 Å². The van der Waals surface area contributed by atoms with E-state index >= 15 is 0 Å². The molecule has 0 radical (unpaired) electrons. The Morgan fingerprint density at radius 3 is 0.476 bits per heavy atom. The number of aliphatic carboxylic acids is 20. The van der Waals surface area contributed by atoms with Crippen LogP contribution in [0, 0.1) is 0 Å². The molecule has 0 saturated carbocycles. The monoisotopic (exact) mass is 1910 g/mol. The van der Waals surface area contributed by atoms with Crippen LogP contribution in [0.2, 0.25) is 0 Å². The summed E-state index contributed by atoms with van der Waals surface area (Å²) < 4.78 is 4.24. The van der Waals surface area contributed by atoms with E-state index in [0.29, 0.717) is 0 Å². The van der Waals surface area contributed by atoms with Crippen LogP contribution in [0.4, 0.5) is 0 Å². The predicted octanol–water partition coefficient (Wildman–Crippen LogP) is -55.7. The minimum Gasteiger partial charge on any atom is -0.550 e. The zero-order valence-electron chi connectivity index (χ0n) is 70.9. The molecule has 0 saturated heterocycles. The summed E-state index contributed by atoms with van der Waals surface area (Å²) in [5.41, 5.74) is -18.8. The molecule has 0 fully saturated rings. The van der Waals surface area contributed by atoms with Crippen molar-refractivity contribution in [3.63, 3.8) is 0 Å². The number of carbonyl (C=O) groups excluding carboxylic acids is 12. The Morgan fingerprint density at radius 1 is 0.218 bits per heavy atom. The van der Waals surface area contributed by atoms with Gasteiger partial charge in [-0.15, -0.1) is 0 Å². The van der Waals surface area contributed by atoms with Crippen LogP contribution in [0.3, 0.4) is 0 Å². The Bertz CT molecular complexity index is 2640. The summed E-state index contributed by atoms with van der Waals surface area (Å²) in [5.74, 6) is -32.3. The molecule has 0 aliphatic carbocycles. The summed E-state index contributed by atoms with van der Waals surface area (Å²) in [4.78, 5) is 212. The molecule has 0 bridgehead atoms. The number of esters is 1. The molecular formula is C58H85Na11O55. The van der Waals surface area contributed by atoms with Gasteiger partial charge >= 0.3 is 385 Å². The van der Waals surface area contributed by atoms with Crippen molar-refractivity contribution in [2.24, 2.45) is 0 Å². The van der Waals surface area contributed by atoms with Gasteiger partial charge in [-0.2, -0.15) is 0 Å². The van der Waals surface area contributed by atoms with Crippen LogP contribution in [-0.4, -0.2) is 315 Å². The number of aliphatic hydroxyl groups is 12. The smallest absolute Gasteiger partial charge is 0.550 e. The third-order valence-electron chi connectivity index (χ3n) is 10.6. The van der Waals surface area contributed by atoms with Crippen molar-refractivity contribution in [1.82, 2.24) is 0 Å². The van der Waals surface area contributed by atoms with Crippen LogP contribution in [0.1, 0.15) is 157 Å². The first-order valence-corrected chi connectivity index (χ1v) is 29.5. The Hall–Kier alpha value is -0.650. The number of hydrogen-bond acceptors (Lipinski definition) is 45. The maximum atomic E-state index is 11.1. The van der Waals surface area contributed by atoms with Crippen LogP contribution in [-0.2, 0) is 105 Å². The standard InChI is InChI=1S/C8H12O8.2C6H8O7.6C6H10O5.C2H6O2.11Na.H2O/c9-1-2-16-7(14)8(15,3-5(10)11)4-6(12)13;2*7-3(8)1-6(13,5(11)12)2-4(9)10;6*1-6(11,2-4(7)8)3-5(9)10;3-1-2-4;;;;;;;;;;;;/h9,15H,1-4H2,(H,10,11)(H,12,13);2*13H,1-2H2,(H,7,8)(H,9,10)(H,11,12);6*11H,2-3H2,1H3,(H,7,8)(H,9,10);3-4H,1-2H2;;;;;;;;;;;;1H2/q;;;;;;;;;;11*+1;/p-11. The number of carboxylic acids is 20. The van der Waals surface area contributed by atoms with E-state index < -0.39 is 305 Å². The van der Waals surface area contributed by atoms with E-state index in [0.717, 1.165) is 20.8 Å². The van der Waals surface area contributed by atoms with Crippen LogP contribution in [0.5, 0.6) is 0 Å². The second-order valence-corrected chi connectivity index (χ2v) is 24.0. The largest absolute Gasteiger partial charge is 1.00 e. The number of carboxylic acid groups (broad SMARTS) is 20. The van der Waals surface area contributed by atoms with Gasteiger partial charge in [0.15, 0.2) is 11.2 Å². The second-order valence-electron chi connectivity index (χ2n) is 24.0. The van der Waals surface area contributed by atoms with Crippen LogP contribution in [0.15, 0.2) is 0 Å². The van der Waals surface area contributed by atoms with Crippen molar-refractivity contribution in [2.75, 3.05) is 26.4 Å². The molecule has 0 aromatic carbocycles. The van der Waals surface area contributed by atoms with Crippen molar-refractivity contribution in [1.29, 1.82) is 0 Å². The van der Waals surface area contributed by atoms with E-state index in [1.807, 2.05) is 0 Å². The van der Waals surface area contributed by atoms with Gasteiger partial charge in [-0.3, -0.25) is 38.4 Å². The molecule has 0 heterocycles. The Kier molecular flexibility index (Phi) is 135. The first-order chi connectivity index (χ1) is 49.8. The average Bonchev–Trinajstić information content (AvgIpc) is 0.856. The molecule has 0 spiro atoms. The zero-order valence-corrected chi connectivity index (χ0v) is 92.9. The number of hydrogen-bond donors (Lipinski definition) is 21. The van der Waals surface area contributed by atoms with Gasteiger partial charge in [0, 0.05) is 124 Å². The summed E-state index contributed by atoms with van der Waals surface area (Å²) in [7, 11) is 0. The van der Waals surface area contributed by atoms with Crippen molar-refractivity contribution in [3.05, 3.63) is 0 Å².